The molecule has 5 nitrogen and oxygen atoms in total. The van der Waals surface area contributed by atoms with Gasteiger partial charge in [-0.15, -0.1) is 0 Å². The molecule has 32 heavy (non-hydrogen) atoms. The van der Waals surface area contributed by atoms with Crippen molar-refractivity contribution in [3.8, 4) is 0 Å². The minimum atomic E-state index is -0.00506. The predicted octanol–water partition coefficient (Wildman–Crippen LogP) is 5.64. The highest BCUT2D eigenvalue weighted by Gasteiger charge is 2.31. The second kappa shape index (κ2) is 9.35. The second-order valence-corrected chi connectivity index (χ2v) is 9.49. The zero-order chi connectivity index (χ0) is 21.9. The van der Waals surface area contributed by atoms with E-state index < -0.39 is 0 Å². The van der Waals surface area contributed by atoms with Crippen molar-refractivity contribution in [1.29, 1.82) is 0 Å². The minimum absolute atomic E-state index is 0.00506. The van der Waals surface area contributed by atoms with E-state index in [-0.39, 0.29) is 17.9 Å². The van der Waals surface area contributed by atoms with Gasteiger partial charge in [-0.2, -0.15) is 0 Å². The number of anilines is 1. The summed E-state index contributed by atoms with van der Waals surface area (Å²) < 4.78 is 2.49. The number of benzene rings is 2. The zero-order valence-electron chi connectivity index (χ0n) is 19.0. The standard InChI is InChI=1S/C27H34N4O/c1-20(21-11-4-2-5-12-21)28-26(32)22-13-10-18-30(19-22)27-29-24-16-8-9-17-25(24)31(27)23-14-6-3-7-15-23/h2,4-5,8-9,11-12,16-17,20,22-23H,3,6-7,10,13-15,18-19H2,1H3,(H,28,32). The van der Waals surface area contributed by atoms with E-state index in [4.69, 9.17) is 4.98 Å². The van der Waals surface area contributed by atoms with E-state index in [1.54, 1.807) is 0 Å². The molecule has 3 aromatic rings. The normalized spacial score (nSPS) is 20.9. The van der Waals surface area contributed by atoms with Crippen molar-refractivity contribution in [2.75, 3.05) is 18.0 Å². The quantitative estimate of drug-likeness (QED) is 0.570. The lowest BCUT2D eigenvalue weighted by Gasteiger charge is -2.35. The van der Waals surface area contributed by atoms with E-state index in [0.29, 0.717) is 6.04 Å². The monoisotopic (exact) mass is 430 g/mol. The van der Waals surface area contributed by atoms with Crippen molar-refractivity contribution < 1.29 is 4.79 Å². The molecule has 168 valence electrons. The maximum absolute atomic E-state index is 13.2. The van der Waals surface area contributed by atoms with E-state index in [0.717, 1.165) is 43.0 Å². The Balaban J connectivity index is 1.36. The fourth-order valence-electron chi connectivity index (χ4n) is 5.48. The molecular weight excluding hydrogens is 396 g/mol. The van der Waals surface area contributed by atoms with Crippen molar-refractivity contribution in [1.82, 2.24) is 14.9 Å². The van der Waals surface area contributed by atoms with Crippen LogP contribution in [-0.2, 0) is 4.79 Å². The van der Waals surface area contributed by atoms with Crippen LogP contribution >= 0.6 is 0 Å². The summed E-state index contributed by atoms with van der Waals surface area (Å²) in [6.45, 7) is 3.77. The Morgan fingerprint density at radius 3 is 2.53 bits per heavy atom. The number of carbonyl (C=O) groups excluding carboxylic acids is 1. The van der Waals surface area contributed by atoms with Crippen LogP contribution in [0.15, 0.2) is 54.6 Å². The van der Waals surface area contributed by atoms with E-state index in [9.17, 15) is 4.79 Å². The van der Waals surface area contributed by atoms with Crippen LogP contribution in [0.2, 0.25) is 0 Å². The molecule has 1 aliphatic carbocycles. The smallest absolute Gasteiger partial charge is 0.225 e. The molecule has 1 saturated carbocycles. The number of hydrogen-bond acceptors (Lipinski definition) is 3. The second-order valence-electron chi connectivity index (χ2n) is 9.49. The molecule has 2 heterocycles. The molecule has 2 aromatic carbocycles. The number of piperidine rings is 1. The molecule has 1 saturated heterocycles. The molecular formula is C27H34N4O. The van der Waals surface area contributed by atoms with Gasteiger partial charge < -0.3 is 14.8 Å². The minimum Gasteiger partial charge on any atom is -0.349 e. The summed E-state index contributed by atoms with van der Waals surface area (Å²) in [4.78, 5) is 20.6. The molecule has 0 radical (unpaired) electrons. The molecule has 1 aromatic heterocycles. The Hall–Kier alpha value is -2.82. The van der Waals surface area contributed by atoms with Gasteiger partial charge in [-0.1, -0.05) is 61.7 Å². The molecule has 0 bridgehead atoms. The summed E-state index contributed by atoms with van der Waals surface area (Å²) >= 11 is 0. The van der Waals surface area contributed by atoms with Gasteiger partial charge in [-0.05, 0) is 50.3 Å². The molecule has 5 rings (SSSR count). The SMILES string of the molecule is CC(NC(=O)C1CCCN(c2nc3ccccc3n2C2CCCCC2)C1)c1ccccc1. The number of carbonyl (C=O) groups is 1. The van der Waals surface area contributed by atoms with Crippen LogP contribution in [0, 0.1) is 5.92 Å². The summed E-state index contributed by atoms with van der Waals surface area (Å²) in [6, 6.07) is 19.2. The Morgan fingerprint density at radius 1 is 0.969 bits per heavy atom. The van der Waals surface area contributed by atoms with Crippen LogP contribution in [0.1, 0.15) is 69.5 Å². The molecule has 0 spiro atoms. The summed E-state index contributed by atoms with van der Waals surface area (Å²) in [5, 5.41) is 3.25. The van der Waals surface area contributed by atoms with Gasteiger partial charge in [-0.25, -0.2) is 4.98 Å². The lowest BCUT2D eigenvalue weighted by Crippen LogP contribution is -2.44. The Bertz CT molecular complexity index is 1050. The largest absolute Gasteiger partial charge is 0.349 e. The summed E-state index contributed by atoms with van der Waals surface area (Å²) in [5.41, 5.74) is 3.45. The first-order valence-electron chi connectivity index (χ1n) is 12.3. The highest BCUT2D eigenvalue weighted by Crippen LogP contribution is 2.36. The van der Waals surface area contributed by atoms with Crippen molar-refractivity contribution in [2.24, 2.45) is 5.92 Å². The first-order valence-corrected chi connectivity index (χ1v) is 12.3. The van der Waals surface area contributed by atoms with E-state index in [1.165, 1.54) is 37.6 Å². The lowest BCUT2D eigenvalue weighted by molar-refractivity contribution is -0.125. The third-order valence-corrected chi connectivity index (χ3v) is 7.25. The van der Waals surface area contributed by atoms with Crippen LogP contribution in [0.4, 0.5) is 5.95 Å². The Kier molecular flexibility index (Phi) is 6.15. The van der Waals surface area contributed by atoms with Gasteiger partial charge in [0.15, 0.2) is 0 Å². The van der Waals surface area contributed by atoms with Gasteiger partial charge >= 0.3 is 0 Å². The zero-order valence-corrected chi connectivity index (χ0v) is 19.0. The molecule has 5 heteroatoms. The summed E-state index contributed by atoms with van der Waals surface area (Å²) in [7, 11) is 0. The van der Waals surface area contributed by atoms with Crippen molar-refractivity contribution >= 4 is 22.9 Å². The number of aromatic nitrogens is 2. The third kappa shape index (κ3) is 4.25. The van der Waals surface area contributed by atoms with Crippen LogP contribution in [-0.4, -0.2) is 28.5 Å². The Labute approximate surface area is 190 Å². The molecule has 1 amide bonds. The number of nitrogens with zero attached hydrogens (tertiary/aromatic N) is 3. The number of nitrogens with one attached hydrogen (secondary N) is 1. The van der Waals surface area contributed by atoms with Crippen LogP contribution < -0.4 is 10.2 Å². The first kappa shape index (κ1) is 21.0. The van der Waals surface area contributed by atoms with Crippen LogP contribution in [0.5, 0.6) is 0 Å². The summed E-state index contributed by atoms with van der Waals surface area (Å²) in [6.07, 6.45) is 8.32. The first-order chi connectivity index (χ1) is 15.7. The van der Waals surface area contributed by atoms with Crippen molar-refractivity contribution in [3.63, 3.8) is 0 Å². The molecule has 2 atom stereocenters. The molecule has 2 fully saturated rings. The number of fused-ring (bicyclic) bond motifs is 1. The number of imidazole rings is 1. The predicted molar refractivity (Wildman–Crippen MR) is 130 cm³/mol. The topological polar surface area (TPSA) is 50.2 Å². The maximum atomic E-state index is 13.2. The highest BCUT2D eigenvalue weighted by atomic mass is 16.2. The molecule has 1 aliphatic heterocycles. The molecule has 2 aliphatic rings. The van der Waals surface area contributed by atoms with E-state index in [1.807, 2.05) is 18.2 Å². The van der Waals surface area contributed by atoms with E-state index >= 15 is 0 Å². The Morgan fingerprint density at radius 2 is 1.72 bits per heavy atom. The van der Waals surface area contributed by atoms with Gasteiger partial charge in [0.2, 0.25) is 11.9 Å². The van der Waals surface area contributed by atoms with Gasteiger partial charge in [0.05, 0.1) is 23.0 Å². The maximum Gasteiger partial charge on any atom is 0.225 e. The number of amides is 1. The van der Waals surface area contributed by atoms with Crippen molar-refractivity contribution in [2.45, 2.75) is 64.0 Å². The van der Waals surface area contributed by atoms with Crippen LogP contribution in [0.25, 0.3) is 11.0 Å². The average molecular weight is 431 g/mol. The molecule has 1 N–H and O–H groups in total. The van der Waals surface area contributed by atoms with Gasteiger partial charge in [0, 0.05) is 19.1 Å². The van der Waals surface area contributed by atoms with Crippen molar-refractivity contribution in [3.05, 3.63) is 60.2 Å². The third-order valence-electron chi connectivity index (χ3n) is 7.25. The number of para-hydroxylation sites is 2. The van der Waals surface area contributed by atoms with Gasteiger partial charge in [0.25, 0.3) is 0 Å². The van der Waals surface area contributed by atoms with Gasteiger partial charge in [0.1, 0.15) is 0 Å². The highest BCUT2D eigenvalue weighted by molar-refractivity contribution is 5.81. The number of rotatable bonds is 5. The fourth-order valence-corrected chi connectivity index (χ4v) is 5.48. The van der Waals surface area contributed by atoms with Gasteiger partial charge in [-0.3, -0.25) is 4.79 Å². The number of hydrogen-bond donors (Lipinski definition) is 1. The van der Waals surface area contributed by atoms with E-state index in [2.05, 4.69) is 58.1 Å². The molecule has 2 unspecified atom stereocenters. The van der Waals surface area contributed by atoms with Crippen LogP contribution in [0.3, 0.4) is 0 Å². The lowest BCUT2D eigenvalue weighted by atomic mass is 9.94. The average Bonchev–Trinajstić information content (AvgIpc) is 3.25. The summed E-state index contributed by atoms with van der Waals surface area (Å²) in [5.74, 6) is 1.22. The fraction of sp³-hybridized carbons (Fsp3) is 0.481.